The molecule has 2 heterocycles. The molecule has 0 saturated heterocycles. The molecular formula is C19H24N4S. The van der Waals surface area contributed by atoms with Crippen LogP contribution >= 0.6 is 11.3 Å². The lowest BCUT2D eigenvalue weighted by Crippen LogP contribution is -2.39. The molecule has 0 aliphatic heterocycles. The third kappa shape index (κ3) is 3.97. The first kappa shape index (κ1) is 16.6. The lowest BCUT2D eigenvalue weighted by atomic mass is 10.1. The first-order valence-corrected chi connectivity index (χ1v) is 9.24. The van der Waals surface area contributed by atoms with Gasteiger partial charge in [0, 0.05) is 37.2 Å². The lowest BCUT2D eigenvalue weighted by molar-refractivity contribution is 0.700. The third-order valence-corrected chi connectivity index (χ3v) is 4.97. The van der Waals surface area contributed by atoms with Crippen LogP contribution in [0.15, 0.2) is 52.3 Å². The van der Waals surface area contributed by atoms with Crippen molar-refractivity contribution in [2.75, 3.05) is 20.1 Å². The highest BCUT2D eigenvalue weighted by molar-refractivity contribution is 7.07. The maximum absolute atomic E-state index is 4.31. The molecule has 126 valence electrons. The standard InChI is InChI=1S/C19H24N4S/c1-14(16-8-10-24-13-16)11-23-19(20-2)21-9-7-15-12-22-18-6-4-3-5-17(15)18/h3-6,8,10,12-14,22H,7,9,11H2,1-2H3,(H2,20,21,23). The highest BCUT2D eigenvalue weighted by Gasteiger charge is 2.07. The van der Waals surface area contributed by atoms with Crippen LogP contribution in [0, 0.1) is 0 Å². The van der Waals surface area contributed by atoms with Gasteiger partial charge in [-0.3, -0.25) is 4.99 Å². The number of aromatic amines is 1. The van der Waals surface area contributed by atoms with E-state index in [0.717, 1.165) is 25.5 Å². The number of rotatable bonds is 6. The molecule has 3 rings (SSSR count). The van der Waals surface area contributed by atoms with Gasteiger partial charge in [-0.2, -0.15) is 11.3 Å². The zero-order chi connectivity index (χ0) is 16.8. The Bertz CT molecular complexity index is 789. The summed E-state index contributed by atoms with van der Waals surface area (Å²) in [6.45, 7) is 3.96. The number of H-pyrrole nitrogens is 1. The molecule has 0 aliphatic rings. The van der Waals surface area contributed by atoms with E-state index in [-0.39, 0.29) is 0 Å². The van der Waals surface area contributed by atoms with Gasteiger partial charge in [-0.1, -0.05) is 25.1 Å². The summed E-state index contributed by atoms with van der Waals surface area (Å²) >= 11 is 1.74. The van der Waals surface area contributed by atoms with Gasteiger partial charge in [-0.25, -0.2) is 0 Å². The highest BCUT2D eigenvalue weighted by Crippen LogP contribution is 2.18. The number of nitrogens with zero attached hydrogens (tertiary/aromatic N) is 1. The first-order valence-electron chi connectivity index (χ1n) is 8.29. The number of para-hydroxylation sites is 1. The fourth-order valence-electron chi connectivity index (χ4n) is 2.80. The van der Waals surface area contributed by atoms with Crippen LogP contribution in [0.2, 0.25) is 0 Å². The number of guanidine groups is 1. The van der Waals surface area contributed by atoms with E-state index in [4.69, 9.17) is 0 Å². The van der Waals surface area contributed by atoms with Gasteiger partial charge in [-0.05, 0) is 46.4 Å². The van der Waals surface area contributed by atoms with Crippen LogP contribution in [0.1, 0.15) is 24.0 Å². The molecule has 0 amide bonds. The normalized spacial score (nSPS) is 13.2. The molecule has 1 aromatic carbocycles. The zero-order valence-corrected chi connectivity index (χ0v) is 15.0. The summed E-state index contributed by atoms with van der Waals surface area (Å²) in [5.41, 5.74) is 3.90. The number of aromatic nitrogens is 1. The topological polar surface area (TPSA) is 52.2 Å². The highest BCUT2D eigenvalue weighted by atomic mass is 32.1. The number of hydrogen-bond donors (Lipinski definition) is 3. The van der Waals surface area contributed by atoms with Gasteiger partial charge in [0.1, 0.15) is 0 Å². The Kier molecular flexibility index (Phi) is 5.54. The van der Waals surface area contributed by atoms with Gasteiger partial charge in [0.15, 0.2) is 5.96 Å². The van der Waals surface area contributed by atoms with Crippen LogP contribution in [-0.4, -0.2) is 31.1 Å². The molecule has 0 spiro atoms. The van der Waals surface area contributed by atoms with E-state index >= 15 is 0 Å². The Morgan fingerprint density at radius 3 is 2.92 bits per heavy atom. The van der Waals surface area contributed by atoms with Crippen molar-refractivity contribution in [1.82, 2.24) is 15.6 Å². The summed E-state index contributed by atoms with van der Waals surface area (Å²) in [6.07, 6.45) is 3.06. The summed E-state index contributed by atoms with van der Waals surface area (Å²) < 4.78 is 0. The van der Waals surface area contributed by atoms with Gasteiger partial charge < -0.3 is 15.6 Å². The molecule has 5 heteroatoms. The SMILES string of the molecule is CN=C(NCCc1c[nH]c2ccccc12)NCC(C)c1ccsc1. The van der Waals surface area contributed by atoms with Crippen LogP contribution in [0.4, 0.5) is 0 Å². The van der Waals surface area contributed by atoms with Crippen molar-refractivity contribution >= 4 is 28.2 Å². The van der Waals surface area contributed by atoms with Crippen molar-refractivity contribution in [3.05, 3.63) is 58.4 Å². The maximum atomic E-state index is 4.31. The molecule has 3 aromatic rings. The van der Waals surface area contributed by atoms with Crippen LogP contribution in [0.5, 0.6) is 0 Å². The minimum atomic E-state index is 0.475. The average molecular weight is 340 g/mol. The van der Waals surface area contributed by atoms with Gasteiger partial charge in [-0.15, -0.1) is 0 Å². The van der Waals surface area contributed by atoms with Crippen molar-refractivity contribution < 1.29 is 0 Å². The summed E-state index contributed by atoms with van der Waals surface area (Å²) in [5.74, 6) is 1.33. The van der Waals surface area contributed by atoms with Crippen molar-refractivity contribution in [3.8, 4) is 0 Å². The van der Waals surface area contributed by atoms with E-state index in [1.165, 1.54) is 22.0 Å². The van der Waals surface area contributed by atoms with E-state index in [0.29, 0.717) is 5.92 Å². The van der Waals surface area contributed by atoms with Crippen molar-refractivity contribution in [2.45, 2.75) is 19.3 Å². The second kappa shape index (κ2) is 8.02. The van der Waals surface area contributed by atoms with Crippen molar-refractivity contribution in [2.24, 2.45) is 4.99 Å². The molecule has 1 atom stereocenters. The Balaban J connectivity index is 1.48. The fourth-order valence-corrected chi connectivity index (χ4v) is 3.58. The van der Waals surface area contributed by atoms with Crippen LogP contribution in [0.25, 0.3) is 10.9 Å². The average Bonchev–Trinajstić information content (AvgIpc) is 3.28. The summed E-state index contributed by atoms with van der Waals surface area (Å²) in [5, 5.41) is 12.4. The molecule has 3 N–H and O–H groups in total. The number of aliphatic imine (C=N–C) groups is 1. The van der Waals surface area contributed by atoms with E-state index in [2.05, 4.69) is 74.8 Å². The molecule has 2 aromatic heterocycles. The van der Waals surface area contributed by atoms with Gasteiger partial charge in [0.25, 0.3) is 0 Å². The first-order chi connectivity index (χ1) is 11.8. The van der Waals surface area contributed by atoms with Crippen LogP contribution < -0.4 is 10.6 Å². The maximum Gasteiger partial charge on any atom is 0.191 e. The second-order valence-electron chi connectivity index (χ2n) is 5.95. The Morgan fingerprint density at radius 2 is 2.12 bits per heavy atom. The zero-order valence-electron chi connectivity index (χ0n) is 14.2. The second-order valence-corrected chi connectivity index (χ2v) is 6.73. The number of thiophene rings is 1. The van der Waals surface area contributed by atoms with E-state index in [1.54, 1.807) is 11.3 Å². The smallest absolute Gasteiger partial charge is 0.191 e. The molecule has 4 nitrogen and oxygen atoms in total. The molecule has 0 saturated carbocycles. The van der Waals surface area contributed by atoms with E-state index in [1.807, 2.05) is 7.05 Å². The molecule has 0 bridgehead atoms. The number of hydrogen-bond acceptors (Lipinski definition) is 2. The summed E-state index contributed by atoms with van der Waals surface area (Å²) in [6, 6.07) is 10.6. The van der Waals surface area contributed by atoms with Crippen molar-refractivity contribution in [3.63, 3.8) is 0 Å². The Labute approximate surface area is 147 Å². The number of fused-ring (bicyclic) bond motifs is 1. The fraction of sp³-hybridized carbons (Fsp3) is 0.316. The molecule has 1 unspecified atom stereocenters. The summed E-state index contributed by atoms with van der Waals surface area (Å²) in [4.78, 5) is 7.64. The lowest BCUT2D eigenvalue weighted by Gasteiger charge is -2.15. The monoisotopic (exact) mass is 340 g/mol. The van der Waals surface area contributed by atoms with Gasteiger partial charge >= 0.3 is 0 Å². The Morgan fingerprint density at radius 1 is 1.25 bits per heavy atom. The molecular weight excluding hydrogens is 316 g/mol. The molecule has 0 aliphatic carbocycles. The van der Waals surface area contributed by atoms with E-state index in [9.17, 15) is 0 Å². The Hall–Kier alpha value is -2.27. The van der Waals surface area contributed by atoms with Gasteiger partial charge in [0.2, 0.25) is 0 Å². The predicted octanol–water partition coefficient (Wildman–Crippen LogP) is 3.74. The molecule has 0 radical (unpaired) electrons. The number of nitrogens with one attached hydrogen (secondary N) is 3. The largest absolute Gasteiger partial charge is 0.361 e. The molecule has 24 heavy (non-hydrogen) atoms. The van der Waals surface area contributed by atoms with E-state index < -0.39 is 0 Å². The van der Waals surface area contributed by atoms with Crippen LogP contribution in [0.3, 0.4) is 0 Å². The third-order valence-electron chi connectivity index (χ3n) is 4.27. The summed E-state index contributed by atoms with van der Waals surface area (Å²) in [7, 11) is 1.82. The minimum absolute atomic E-state index is 0.475. The van der Waals surface area contributed by atoms with Gasteiger partial charge in [0.05, 0.1) is 0 Å². The minimum Gasteiger partial charge on any atom is -0.361 e. The van der Waals surface area contributed by atoms with Crippen molar-refractivity contribution in [1.29, 1.82) is 0 Å². The number of benzene rings is 1. The molecule has 0 fully saturated rings. The van der Waals surface area contributed by atoms with Crippen LogP contribution in [-0.2, 0) is 6.42 Å². The predicted molar refractivity (Wildman–Crippen MR) is 104 cm³/mol. The quantitative estimate of drug-likeness (QED) is 0.473.